The van der Waals surface area contributed by atoms with Crippen LogP contribution in [0.2, 0.25) is 0 Å². The minimum absolute atomic E-state index is 0.451. The van der Waals surface area contributed by atoms with E-state index in [1.807, 2.05) is 18.2 Å². The minimum Gasteiger partial charge on any atom is -0.370 e. The van der Waals surface area contributed by atoms with E-state index in [-0.39, 0.29) is 0 Å². The molecule has 5 heteroatoms. The van der Waals surface area contributed by atoms with E-state index in [1.54, 1.807) is 13.2 Å². The molecule has 1 heterocycles. The molecule has 0 saturated carbocycles. The van der Waals surface area contributed by atoms with Gasteiger partial charge in [0.1, 0.15) is 5.82 Å². The lowest BCUT2D eigenvalue weighted by atomic mass is 10.3. The Kier molecular flexibility index (Phi) is 8.19. The molecule has 3 N–H and O–H groups in total. The SMILES string of the molecule is CCC(C)NC(=NC)NCCCCNc1ccccn1. The van der Waals surface area contributed by atoms with Crippen molar-refractivity contribution in [3.63, 3.8) is 0 Å². The fraction of sp³-hybridized carbons (Fsp3) is 0.600. The van der Waals surface area contributed by atoms with Gasteiger partial charge in [0.2, 0.25) is 0 Å². The van der Waals surface area contributed by atoms with Gasteiger partial charge >= 0.3 is 0 Å². The highest BCUT2D eigenvalue weighted by atomic mass is 15.2. The monoisotopic (exact) mass is 277 g/mol. The summed E-state index contributed by atoms with van der Waals surface area (Å²) >= 11 is 0. The smallest absolute Gasteiger partial charge is 0.191 e. The molecule has 1 aromatic heterocycles. The first kappa shape index (κ1) is 16.3. The van der Waals surface area contributed by atoms with Gasteiger partial charge in [-0.3, -0.25) is 4.99 Å². The van der Waals surface area contributed by atoms with Gasteiger partial charge in [0, 0.05) is 32.4 Å². The fourth-order valence-corrected chi connectivity index (χ4v) is 1.67. The molecule has 0 aliphatic rings. The van der Waals surface area contributed by atoms with Crippen LogP contribution in [0.15, 0.2) is 29.4 Å². The summed E-state index contributed by atoms with van der Waals surface area (Å²) in [5.74, 6) is 1.83. The van der Waals surface area contributed by atoms with E-state index >= 15 is 0 Å². The van der Waals surface area contributed by atoms with Gasteiger partial charge in [-0.05, 0) is 38.3 Å². The van der Waals surface area contributed by atoms with E-state index in [0.29, 0.717) is 6.04 Å². The van der Waals surface area contributed by atoms with Gasteiger partial charge in [0.25, 0.3) is 0 Å². The van der Waals surface area contributed by atoms with E-state index in [2.05, 4.69) is 39.8 Å². The number of hydrogen-bond acceptors (Lipinski definition) is 3. The van der Waals surface area contributed by atoms with Crippen molar-refractivity contribution in [2.75, 3.05) is 25.5 Å². The van der Waals surface area contributed by atoms with Gasteiger partial charge in [-0.1, -0.05) is 13.0 Å². The highest BCUT2D eigenvalue weighted by Crippen LogP contribution is 2.00. The molecule has 0 radical (unpaired) electrons. The van der Waals surface area contributed by atoms with Crippen molar-refractivity contribution in [1.29, 1.82) is 0 Å². The van der Waals surface area contributed by atoms with Crippen LogP contribution in [0.5, 0.6) is 0 Å². The van der Waals surface area contributed by atoms with Crippen LogP contribution in [0.1, 0.15) is 33.1 Å². The molecule has 112 valence electrons. The van der Waals surface area contributed by atoms with Crippen molar-refractivity contribution in [3.8, 4) is 0 Å². The van der Waals surface area contributed by atoms with Gasteiger partial charge in [-0.25, -0.2) is 4.98 Å². The summed E-state index contributed by atoms with van der Waals surface area (Å²) in [6.07, 6.45) is 5.09. The molecule has 0 amide bonds. The van der Waals surface area contributed by atoms with Crippen LogP contribution in [-0.2, 0) is 0 Å². The molecule has 0 aliphatic heterocycles. The minimum atomic E-state index is 0.451. The zero-order valence-electron chi connectivity index (χ0n) is 12.8. The first-order chi connectivity index (χ1) is 9.76. The molecule has 1 atom stereocenters. The standard InChI is InChI=1S/C15H27N5/c1-4-13(2)20-15(16-3)19-12-8-7-11-18-14-9-5-6-10-17-14/h5-6,9-10,13H,4,7-8,11-12H2,1-3H3,(H,17,18)(H2,16,19,20). The van der Waals surface area contributed by atoms with Crippen LogP contribution < -0.4 is 16.0 Å². The number of guanidine groups is 1. The Bertz CT molecular complexity index is 377. The Morgan fingerprint density at radius 1 is 1.30 bits per heavy atom. The van der Waals surface area contributed by atoms with Gasteiger partial charge in [0.15, 0.2) is 5.96 Å². The number of aromatic nitrogens is 1. The van der Waals surface area contributed by atoms with E-state index < -0.39 is 0 Å². The largest absolute Gasteiger partial charge is 0.370 e. The maximum atomic E-state index is 4.22. The number of unbranched alkanes of at least 4 members (excludes halogenated alkanes) is 1. The average Bonchev–Trinajstić information content (AvgIpc) is 2.50. The number of pyridine rings is 1. The zero-order chi connectivity index (χ0) is 14.6. The predicted molar refractivity (Wildman–Crippen MR) is 86.2 cm³/mol. The van der Waals surface area contributed by atoms with Crippen molar-refractivity contribution in [2.24, 2.45) is 4.99 Å². The Morgan fingerprint density at radius 3 is 2.75 bits per heavy atom. The van der Waals surface area contributed by atoms with Crippen LogP contribution >= 0.6 is 0 Å². The molecule has 20 heavy (non-hydrogen) atoms. The quantitative estimate of drug-likeness (QED) is 0.387. The Morgan fingerprint density at radius 2 is 2.10 bits per heavy atom. The molecule has 0 fully saturated rings. The highest BCUT2D eigenvalue weighted by Gasteiger charge is 2.01. The van der Waals surface area contributed by atoms with E-state index in [1.165, 1.54) is 0 Å². The number of rotatable bonds is 8. The molecule has 0 bridgehead atoms. The topological polar surface area (TPSA) is 61.3 Å². The van der Waals surface area contributed by atoms with E-state index in [9.17, 15) is 0 Å². The van der Waals surface area contributed by atoms with Crippen molar-refractivity contribution >= 4 is 11.8 Å². The number of nitrogens with one attached hydrogen (secondary N) is 3. The number of aliphatic imine (C=N–C) groups is 1. The maximum absolute atomic E-state index is 4.22. The molecule has 1 aromatic rings. The van der Waals surface area contributed by atoms with Crippen molar-refractivity contribution in [3.05, 3.63) is 24.4 Å². The fourth-order valence-electron chi connectivity index (χ4n) is 1.67. The second kappa shape index (κ2) is 10.1. The molecular formula is C15H27N5. The normalized spacial score (nSPS) is 12.8. The van der Waals surface area contributed by atoms with Crippen LogP contribution in [0.3, 0.4) is 0 Å². The summed E-state index contributed by atoms with van der Waals surface area (Å²) in [5.41, 5.74) is 0. The van der Waals surface area contributed by atoms with Gasteiger partial charge in [-0.2, -0.15) is 0 Å². The van der Waals surface area contributed by atoms with Gasteiger partial charge < -0.3 is 16.0 Å². The summed E-state index contributed by atoms with van der Waals surface area (Å²) in [5, 5.41) is 9.98. The number of hydrogen-bond donors (Lipinski definition) is 3. The van der Waals surface area contributed by atoms with Gasteiger partial charge in [-0.15, -0.1) is 0 Å². The first-order valence-electron chi connectivity index (χ1n) is 7.38. The highest BCUT2D eigenvalue weighted by molar-refractivity contribution is 5.79. The molecule has 0 aliphatic carbocycles. The lowest BCUT2D eigenvalue weighted by molar-refractivity contribution is 0.618. The molecule has 0 saturated heterocycles. The Labute approximate surface area is 122 Å². The zero-order valence-corrected chi connectivity index (χ0v) is 12.8. The van der Waals surface area contributed by atoms with Crippen LogP contribution in [-0.4, -0.2) is 37.1 Å². The van der Waals surface area contributed by atoms with Crippen molar-refractivity contribution < 1.29 is 0 Å². The van der Waals surface area contributed by atoms with Crippen molar-refractivity contribution in [1.82, 2.24) is 15.6 Å². The van der Waals surface area contributed by atoms with E-state index in [4.69, 9.17) is 0 Å². The Balaban J connectivity index is 2.06. The third kappa shape index (κ3) is 6.97. The molecule has 1 rings (SSSR count). The van der Waals surface area contributed by atoms with Crippen LogP contribution in [0.25, 0.3) is 0 Å². The summed E-state index contributed by atoms with van der Waals surface area (Å²) in [7, 11) is 1.81. The van der Waals surface area contributed by atoms with E-state index in [0.717, 1.165) is 44.1 Å². The summed E-state index contributed by atoms with van der Waals surface area (Å²) in [4.78, 5) is 8.43. The summed E-state index contributed by atoms with van der Waals surface area (Å²) in [6.45, 7) is 6.19. The molecule has 0 aromatic carbocycles. The third-order valence-electron chi connectivity index (χ3n) is 3.09. The number of anilines is 1. The molecular weight excluding hydrogens is 250 g/mol. The number of nitrogens with zero attached hydrogens (tertiary/aromatic N) is 2. The summed E-state index contributed by atoms with van der Waals surface area (Å²) in [6, 6.07) is 6.34. The predicted octanol–water partition coefficient (Wildman–Crippen LogP) is 2.24. The molecule has 0 spiro atoms. The second-order valence-electron chi connectivity index (χ2n) is 4.80. The Hall–Kier alpha value is -1.78. The van der Waals surface area contributed by atoms with Gasteiger partial charge in [0.05, 0.1) is 0 Å². The lowest BCUT2D eigenvalue weighted by Crippen LogP contribution is -2.42. The molecule has 1 unspecified atom stereocenters. The third-order valence-corrected chi connectivity index (χ3v) is 3.09. The van der Waals surface area contributed by atoms with Crippen LogP contribution in [0, 0.1) is 0 Å². The lowest BCUT2D eigenvalue weighted by Gasteiger charge is -2.16. The molecule has 5 nitrogen and oxygen atoms in total. The summed E-state index contributed by atoms with van der Waals surface area (Å²) < 4.78 is 0. The maximum Gasteiger partial charge on any atom is 0.191 e. The van der Waals surface area contributed by atoms with Crippen LogP contribution in [0.4, 0.5) is 5.82 Å². The first-order valence-corrected chi connectivity index (χ1v) is 7.38. The van der Waals surface area contributed by atoms with Crippen molar-refractivity contribution in [2.45, 2.75) is 39.2 Å². The second-order valence-corrected chi connectivity index (χ2v) is 4.80. The average molecular weight is 277 g/mol.